The van der Waals surface area contributed by atoms with Crippen LogP contribution >= 0.6 is 0 Å². The van der Waals surface area contributed by atoms with Crippen molar-refractivity contribution < 1.29 is 9.84 Å². The summed E-state index contributed by atoms with van der Waals surface area (Å²) in [6.45, 7) is 4.13. The van der Waals surface area contributed by atoms with Crippen LogP contribution < -0.4 is 0 Å². The molecule has 2 nitrogen and oxygen atoms in total. The van der Waals surface area contributed by atoms with Crippen molar-refractivity contribution in [3.8, 4) is 0 Å². The first-order chi connectivity index (χ1) is 3.41. The van der Waals surface area contributed by atoms with E-state index in [-0.39, 0.29) is 6.61 Å². The zero-order valence-electron chi connectivity index (χ0n) is 4.55. The van der Waals surface area contributed by atoms with Crippen LogP contribution in [0.1, 0.15) is 13.3 Å². The van der Waals surface area contributed by atoms with Crippen molar-refractivity contribution in [1.82, 2.24) is 0 Å². The monoisotopic (exact) mass is 103 g/mol. The summed E-state index contributed by atoms with van der Waals surface area (Å²) in [5.74, 6) is 0. The number of aliphatic hydroxyl groups excluding tert-OH is 1. The van der Waals surface area contributed by atoms with Gasteiger partial charge in [0.15, 0.2) is 0 Å². The zero-order chi connectivity index (χ0) is 5.54. The third-order valence-electron chi connectivity index (χ3n) is 0.514. The molecule has 0 saturated carbocycles. The minimum absolute atomic E-state index is 0.0139. The van der Waals surface area contributed by atoms with E-state index in [1.165, 1.54) is 6.61 Å². The topological polar surface area (TPSA) is 29.5 Å². The molecule has 1 radical (unpaired) electrons. The summed E-state index contributed by atoms with van der Waals surface area (Å²) in [4.78, 5) is 0. The van der Waals surface area contributed by atoms with Crippen molar-refractivity contribution in [2.75, 3.05) is 13.2 Å². The first-order valence-corrected chi connectivity index (χ1v) is 2.46. The van der Waals surface area contributed by atoms with Gasteiger partial charge < -0.3 is 9.84 Å². The Labute approximate surface area is 44.1 Å². The Morgan fingerprint density at radius 2 is 2.43 bits per heavy atom. The molecule has 0 aliphatic rings. The highest BCUT2D eigenvalue weighted by Gasteiger charge is 1.79. The average Bonchev–Trinajstić information content (AvgIpc) is 1.69. The molecule has 0 spiro atoms. The van der Waals surface area contributed by atoms with Gasteiger partial charge in [-0.15, -0.1) is 0 Å². The Morgan fingerprint density at radius 3 is 2.86 bits per heavy atom. The highest BCUT2D eigenvalue weighted by atomic mass is 16.5. The highest BCUT2D eigenvalue weighted by Crippen LogP contribution is 1.81. The maximum absolute atomic E-state index is 8.11. The van der Waals surface area contributed by atoms with Crippen molar-refractivity contribution in [2.45, 2.75) is 13.3 Å². The summed E-state index contributed by atoms with van der Waals surface area (Å²) < 4.78 is 4.76. The largest absolute Gasteiger partial charge is 0.394 e. The third kappa shape index (κ3) is 5.92. The van der Waals surface area contributed by atoms with Crippen LogP contribution in [0.2, 0.25) is 0 Å². The maximum Gasteiger partial charge on any atom is 0.109 e. The van der Waals surface area contributed by atoms with Gasteiger partial charge in [0.1, 0.15) is 6.61 Å². The predicted octanol–water partition coefficient (Wildman–Crippen LogP) is 0.567. The lowest BCUT2D eigenvalue weighted by molar-refractivity contribution is 0.151. The van der Waals surface area contributed by atoms with Gasteiger partial charge >= 0.3 is 0 Å². The molecule has 1 N–H and O–H groups in total. The van der Waals surface area contributed by atoms with E-state index in [2.05, 4.69) is 0 Å². The van der Waals surface area contributed by atoms with Crippen molar-refractivity contribution in [2.24, 2.45) is 0 Å². The molecule has 0 aliphatic heterocycles. The molecule has 0 heterocycles. The molecule has 7 heavy (non-hydrogen) atoms. The molecule has 0 unspecified atom stereocenters. The molecule has 43 valence electrons. The Kier molecular flexibility index (Phi) is 5.85. The second kappa shape index (κ2) is 5.92. The second-order valence-corrected chi connectivity index (χ2v) is 1.22. The Hall–Kier alpha value is -0.0800. The van der Waals surface area contributed by atoms with Crippen molar-refractivity contribution in [3.63, 3.8) is 0 Å². The molecular formula is C5H11O2. The van der Waals surface area contributed by atoms with Gasteiger partial charge in [-0.2, -0.15) is 0 Å². The predicted molar refractivity (Wildman–Crippen MR) is 27.6 cm³/mol. The standard InChI is InChI=1S/C5H11O2/c1-2-4-7-5-3-6/h5-6H,2-4H2,1H3. The first-order valence-electron chi connectivity index (χ1n) is 2.46. The highest BCUT2D eigenvalue weighted by molar-refractivity contribution is 4.41. The summed E-state index contributed by atoms with van der Waals surface area (Å²) in [5, 5.41) is 8.11. The van der Waals surface area contributed by atoms with E-state index in [1.54, 1.807) is 0 Å². The minimum Gasteiger partial charge on any atom is -0.394 e. The van der Waals surface area contributed by atoms with Gasteiger partial charge in [-0.1, -0.05) is 6.92 Å². The van der Waals surface area contributed by atoms with Crippen LogP contribution in [0.4, 0.5) is 0 Å². The molecule has 0 aliphatic carbocycles. The first kappa shape index (κ1) is 6.92. The summed E-state index contributed by atoms with van der Waals surface area (Å²) in [6.07, 6.45) is 0.997. The quantitative estimate of drug-likeness (QED) is 0.527. The van der Waals surface area contributed by atoms with Crippen LogP contribution in [0.5, 0.6) is 0 Å². The van der Waals surface area contributed by atoms with Gasteiger partial charge in [-0.05, 0) is 6.42 Å². The fraction of sp³-hybridized carbons (Fsp3) is 0.800. The molecule has 0 amide bonds. The van der Waals surface area contributed by atoms with Gasteiger partial charge in [0.05, 0.1) is 6.61 Å². The van der Waals surface area contributed by atoms with Crippen LogP contribution in [0.25, 0.3) is 0 Å². The van der Waals surface area contributed by atoms with E-state index in [9.17, 15) is 0 Å². The fourth-order valence-electron chi connectivity index (χ4n) is 0.254. The summed E-state index contributed by atoms with van der Waals surface area (Å²) in [7, 11) is 0. The lowest BCUT2D eigenvalue weighted by Gasteiger charge is -1.93. The summed E-state index contributed by atoms with van der Waals surface area (Å²) >= 11 is 0. The summed E-state index contributed by atoms with van der Waals surface area (Å²) in [5.41, 5.74) is 0. The van der Waals surface area contributed by atoms with Gasteiger partial charge in [0.2, 0.25) is 0 Å². The lowest BCUT2D eigenvalue weighted by Crippen LogP contribution is -1.92. The number of ether oxygens (including phenoxy) is 1. The van der Waals surface area contributed by atoms with Crippen LogP contribution in [0.15, 0.2) is 0 Å². The number of hydrogen-bond acceptors (Lipinski definition) is 2. The SMILES string of the molecule is CCCO[CH]CO. The van der Waals surface area contributed by atoms with Crippen molar-refractivity contribution in [3.05, 3.63) is 6.61 Å². The van der Waals surface area contributed by atoms with E-state index in [0.29, 0.717) is 6.61 Å². The van der Waals surface area contributed by atoms with Crippen LogP contribution in [0, 0.1) is 6.61 Å². The Balaban J connectivity index is 2.45. The molecule has 0 atom stereocenters. The van der Waals surface area contributed by atoms with Crippen LogP contribution in [-0.2, 0) is 4.74 Å². The molecular weight excluding hydrogens is 92.1 g/mol. The number of hydrogen-bond donors (Lipinski definition) is 1. The normalized spacial score (nSPS) is 9.43. The third-order valence-corrected chi connectivity index (χ3v) is 0.514. The molecule has 0 fully saturated rings. The smallest absolute Gasteiger partial charge is 0.109 e. The van der Waals surface area contributed by atoms with E-state index in [0.717, 1.165) is 6.42 Å². The molecule has 0 rings (SSSR count). The van der Waals surface area contributed by atoms with E-state index < -0.39 is 0 Å². The van der Waals surface area contributed by atoms with Crippen molar-refractivity contribution in [1.29, 1.82) is 0 Å². The van der Waals surface area contributed by atoms with Gasteiger partial charge in [-0.25, -0.2) is 0 Å². The second-order valence-electron chi connectivity index (χ2n) is 1.22. The molecule has 2 heteroatoms. The molecule has 0 aromatic carbocycles. The van der Waals surface area contributed by atoms with E-state index >= 15 is 0 Å². The lowest BCUT2D eigenvalue weighted by atomic mass is 10.5. The Bertz CT molecular complexity index is 25.3. The van der Waals surface area contributed by atoms with E-state index in [1.807, 2.05) is 6.92 Å². The van der Waals surface area contributed by atoms with Gasteiger partial charge in [0.25, 0.3) is 0 Å². The summed E-state index contributed by atoms with van der Waals surface area (Å²) in [6, 6.07) is 0. The maximum atomic E-state index is 8.11. The fourth-order valence-corrected chi connectivity index (χ4v) is 0.254. The zero-order valence-corrected chi connectivity index (χ0v) is 4.55. The Morgan fingerprint density at radius 1 is 1.71 bits per heavy atom. The minimum atomic E-state index is 0.0139. The van der Waals surface area contributed by atoms with Gasteiger partial charge in [0, 0.05) is 6.61 Å². The average molecular weight is 103 g/mol. The number of rotatable bonds is 4. The molecule has 0 aromatic heterocycles. The number of aliphatic hydroxyl groups is 1. The van der Waals surface area contributed by atoms with Crippen LogP contribution in [0.3, 0.4) is 0 Å². The van der Waals surface area contributed by atoms with E-state index in [4.69, 9.17) is 9.84 Å². The van der Waals surface area contributed by atoms with Crippen molar-refractivity contribution >= 4 is 0 Å². The molecule has 0 aromatic rings. The molecule has 0 bridgehead atoms. The molecule has 0 saturated heterocycles. The van der Waals surface area contributed by atoms with Crippen LogP contribution in [-0.4, -0.2) is 18.3 Å². The van der Waals surface area contributed by atoms with Gasteiger partial charge in [-0.3, -0.25) is 0 Å².